The van der Waals surface area contributed by atoms with E-state index < -0.39 is 11.9 Å². The molecule has 0 saturated carbocycles. The van der Waals surface area contributed by atoms with Crippen LogP contribution in [-0.4, -0.2) is 30.9 Å². The van der Waals surface area contributed by atoms with Crippen LogP contribution in [0, 0.1) is 11.3 Å². The fourth-order valence-electron chi connectivity index (χ4n) is 1.45. The Morgan fingerprint density at radius 2 is 1.93 bits per heavy atom. The molecule has 1 fully saturated rings. The molecule has 1 saturated heterocycles. The van der Waals surface area contributed by atoms with Crippen molar-refractivity contribution in [3.8, 4) is 0 Å². The van der Waals surface area contributed by atoms with Crippen molar-refractivity contribution >= 4 is 11.8 Å². The summed E-state index contributed by atoms with van der Waals surface area (Å²) < 4.78 is 0. The summed E-state index contributed by atoms with van der Waals surface area (Å²) in [7, 11) is 0. The van der Waals surface area contributed by atoms with E-state index in [0.717, 1.165) is 0 Å². The fourth-order valence-corrected chi connectivity index (χ4v) is 1.45. The van der Waals surface area contributed by atoms with E-state index in [9.17, 15) is 9.59 Å². The lowest BCUT2D eigenvalue weighted by atomic mass is 9.85. The number of nitrogens with one attached hydrogen (secondary N) is 2. The number of amides is 2. The van der Waals surface area contributed by atoms with Gasteiger partial charge in [-0.3, -0.25) is 9.59 Å². The van der Waals surface area contributed by atoms with Gasteiger partial charge in [0.1, 0.15) is 6.04 Å². The SMILES string of the molecule is CC(C)(C)[C@H](NC(=O)C1CNC1)C(N)=O. The maximum absolute atomic E-state index is 11.6. The first kappa shape index (κ1) is 12.0. The molecule has 1 aliphatic rings. The Hall–Kier alpha value is -1.10. The van der Waals surface area contributed by atoms with Crippen LogP contribution in [0.3, 0.4) is 0 Å². The van der Waals surface area contributed by atoms with Crippen molar-refractivity contribution in [2.75, 3.05) is 13.1 Å². The van der Waals surface area contributed by atoms with Gasteiger partial charge in [-0.1, -0.05) is 20.8 Å². The quantitative estimate of drug-likeness (QED) is 0.575. The second-order valence-electron chi connectivity index (χ2n) is 5.07. The Balaban J connectivity index is 2.58. The number of carbonyl (C=O) groups is 2. The highest BCUT2D eigenvalue weighted by atomic mass is 16.2. The summed E-state index contributed by atoms with van der Waals surface area (Å²) in [6, 6.07) is -0.606. The van der Waals surface area contributed by atoms with E-state index in [2.05, 4.69) is 10.6 Å². The summed E-state index contributed by atoms with van der Waals surface area (Å²) in [6.45, 7) is 6.99. The summed E-state index contributed by atoms with van der Waals surface area (Å²) in [6.07, 6.45) is 0. The predicted octanol–water partition coefficient (Wildman–Crippen LogP) is -0.778. The zero-order valence-corrected chi connectivity index (χ0v) is 9.46. The molecule has 0 bridgehead atoms. The molecule has 0 aliphatic carbocycles. The highest BCUT2D eigenvalue weighted by Crippen LogP contribution is 2.19. The third-order valence-corrected chi connectivity index (χ3v) is 2.59. The van der Waals surface area contributed by atoms with E-state index in [1.807, 2.05) is 20.8 Å². The monoisotopic (exact) mass is 213 g/mol. The van der Waals surface area contributed by atoms with E-state index in [0.29, 0.717) is 13.1 Å². The molecule has 0 spiro atoms. The molecule has 0 aromatic heterocycles. The molecule has 2 amide bonds. The third kappa shape index (κ3) is 2.92. The highest BCUT2D eigenvalue weighted by molar-refractivity contribution is 5.88. The first-order valence-corrected chi connectivity index (χ1v) is 5.13. The van der Waals surface area contributed by atoms with Crippen molar-refractivity contribution in [2.24, 2.45) is 17.1 Å². The van der Waals surface area contributed by atoms with Crippen LogP contribution >= 0.6 is 0 Å². The van der Waals surface area contributed by atoms with Crippen molar-refractivity contribution in [1.82, 2.24) is 10.6 Å². The smallest absolute Gasteiger partial charge is 0.240 e. The Kier molecular flexibility index (Phi) is 3.34. The van der Waals surface area contributed by atoms with Gasteiger partial charge < -0.3 is 16.4 Å². The van der Waals surface area contributed by atoms with Gasteiger partial charge in [-0.05, 0) is 5.41 Å². The molecule has 1 heterocycles. The van der Waals surface area contributed by atoms with Gasteiger partial charge in [0.05, 0.1) is 5.92 Å². The summed E-state index contributed by atoms with van der Waals surface area (Å²) >= 11 is 0. The Bertz CT molecular complexity index is 266. The largest absolute Gasteiger partial charge is 0.368 e. The zero-order chi connectivity index (χ0) is 11.6. The minimum absolute atomic E-state index is 0.0193. The molecule has 86 valence electrons. The van der Waals surface area contributed by atoms with Crippen LogP contribution in [0.15, 0.2) is 0 Å². The molecular weight excluding hydrogens is 194 g/mol. The van der Waals surface area contributed by atoms with E-state index in [1.54, 1.807) is 0 Å². The first-order chi connectivity index (χ1) is 6.82. The van der Waals surface area contributed by atoms with E-state index in [1.165, 1.54) is 0 Å². The normalized spacial score (nSPS) is 19.1. The standard InChI is InChI=1S/C10H19N3O2/c1-10(2,3)7(8(11)14)13-9(15)6-4-12-5-6/h6-7,12H,4-5H2,1-3H3,(H2,11,14)(H,13,15)/t7-/m1/s1. The Morgan fingerprint density at radius 1 is 1.40 bits per heavy atom. The number of rotatable bonds is 3. The van der Waals surface area contributed by atoms with Crippen molar-refractivity contribution in [1.29, 1.82) is 0 Å². The first-order valence-electron chi connectivity index (χ1n) is 5.13. The van der Waals surface area contributed by atoms with Crippen LogP contribution < -0.4 is 16.4 Å². The minimum Gasteiger partial charge on any atom is -0.368 e. The summed E-state index contributed by atoms with van der Waals surface area (Å²) in [5, 5.41) is 5.71. The van der Waals surface area contributed by atoms with Gasteiger partial charge in [0.15, 0.2) is 0 Å². The Morgan fingerprint density at radius 3 is 2.20 bits per heavy atom. The van der Waals surface area contributed by atoms with Gasteiger partial charge >= 0.3 is 0 Å². The van der Waals surface area contributed by atoms with Crippen LogP contribution in [0.25, 0.3) is 0 Å². The fraction of sp³-hybridized carbons (Fsp3) is 0.800. The van der Waals surface area contributed by atoms with Gasteiger partial charge in [0, 0.05) is 13.1 Å². The van der Waals surface area contributed by atoms with Crippen LogP contribution in [-0.2, 0) is 9.59 Å². The van der Waals surface area contributed by atoms with Gasteiger partial charge in [0.25, 0.3) is 0 Å². The number of hydrogen-bond acceptors (Lipinski definition) is 3. The van der Waals surface area contributed by atoms with Crippen molar-refractivity contribution in [2.45, 2.75) is 26.8 Å². The summed E-state index contributed by atoms with van der Waals surface area (Å²) in [4.78, 5) is 22.8. The molecule has 5 nitrogen and oxygen atoms in total. The van der Waals surface area contributed by atoms with Crippen LogP contribution in [0.2, 0.25) is 0 Å². The van der Waals surface area contributed by atoms with Gasteiger partial charge in [-0.25, -0.2) is 0 Å². The zero-order valence-electron chi connectivity index (χ0n) is 9.46. The lowest BCUT2D eigenvalue weighted by molar-refractivity contribution is -0.133. The van der Waals surface area contributed by atoms with Gasteiger partial charge in [0.2, 0.25) is 11.8 Å². The van der Waals surface area contributed by atoms with Crippen LogP contribution in [0.4, 0.5) is 0 Å². The highest BCUT2D eigenvalue weighted by Gasteiger charge is 2.34. The molecule has 15 heavy (non-hydrogen) atoms. The molecule has 5 heteroatoms. The molecule has 4 N–H and O–H groups in total. The molecular formula is C10H19N3O2. The van der Waals surface area contributed by atoms with Gasteiger partial charge in [-0.2, -0.15) is 0 Å². The second-order valence-corrected chi connectivity index (χ2v) is 5.07. The molecule has 0 unspecified atom stereocenters. The van der Waals surface area contributed by atoms with Gasteiger partial charge in [-0.15, -0.1) is 0 Å². The van der Waals surface area contributed by atoms with Crippen molar-refractivity contribution in [3.05, 3.63) is 0 Å². The lowest BCUT2D eigenvalue weighted by Crippen LogP contribution is -2.58. The Labute approximate surface area is 89.8 Å². The molecule has 1 atom stereocenters. The number of primary amides is 1. The van der Waals surface area contributed by atoms with Crippen molar-refractivity contribution in [3.63, 3.8) is 0 Å². The predicted molar refractivity (Wildman–Crippen MR) is 56.9 cm³/mol. The van der Waals surface area contributed by atoms with Crippen LogP contribution in [0.5, 0.6) is 0 Å². The molecule has 0 radical (unpaired) electrons. The number of nitrogens with two attached hydrogens (primary N) is 1. The molecule has 1 aliphatic heterocycles. The minimum atomic E-state index is -0.606. The summed E-state index contributed by atoms with van der Waals surface area (Å²) in [5.41, 5.74) is 4.91. The molecule has 1 rings (SSSR count). The van der Waals surface area contributed by atoms with E-state index in [-0.39, 0.29) is 17.2 Å². The third-order valence-electron chi connectivity index (χ3n) is 2.59. The van der Waals surface area contributed by atoms with E-state index >= 15 is 0 Å². The maximum atomic E-state index is 11.6. The lowest BCUT2D eigenvalue weighted by Gasteiger charge is -2.32. The molecule has 0 aromatic carbocycles. The molecule has 0 aromatic rings. The van der Waals surface area contributed by atoms with Crippen LogP contribution in [0.1, 0.15) is 20.8 Å². The second kappa shape index (κ2) is 4.18. The average Bonchev–Trinajstić information content (AvgIpc) is 1.93. The number of carbonyl (C=O) groups excluding carboxylic acids is 2. The topological polar surface area (TPSA) is 84.2 Å². The summed E-state index contributed by atoms with van der Waals surface area (Å²) in [5.74, 6) is -0.593. The maximum Gasteiger partial charge on any atom is 0.240 e. The number of hydrogen-bond donors (Lipinski definition) is 3. The average molecular weight is 213 g/mol. The van der Waals surface area contributed by atoms with E-state index in [4.69, 9.17) is 5.73 Å². The van der Waals surface area contributed by atoms with Crippen molar-refractivity contribution < 1.29 is 9.59 Å².